The SMILES string of the molecule is Cn1ccc2ccnc(C[C@@H]3COC4(CCNCC4)C3)c21. The highest BCUT2D eigenvalue weighted by atomic mass is 16.5. The van der Waals surface area contributed by atoms with Crippen molar-refractivity contribution in [3.05, 3.63) is 30.2 Å². The average molecular weight is 285 g/mol. The summed E-state index contributed by atoms with van der Waals surface area (Å²) < 4.78 is 8.40. The first-order valence-electron chi connectivity index (χ1n) is 7.99. The van der Waals surface area contributed by atoms with Crippen molar-refractivity contribution in [2.75, 3.05) is 19.7 Å². The molecule has 2 fully saturated rings. The van der Waals surface area contributed by atoms with E-state index in [4.69, 9.17) is 4.74 Å². The monoisotopic (exact) mass is 285 g/mol. The Morgan fingerprint density at radius 3 is 3.10 bits per heavy atom. The molecule has 0 amide bonds. The van der Waals surface area contributed by atoms with Gasteiger partial charge in [-0.25, -0.2) is 0 Å². The standard InChI is InChI=1S/C17H23N3O/c1-20-9-3-14-2-6-19-15(16(14)20)10-13-11-17(21-12-13)4-7-18-8-5-17/h2-3,6,9,13,18H,4-5,7-8,10-12H2,1H3/t13-/m0/s1. The second kappa shape index (κ2) is 5.11. The maximum absolute atomic E-state index is 6.22. The van der Waals surface area contributed by atoms with E-state index in [1.165, 1.54) is 23.0 Å². The number of ether oxygens (including phenoxy) is 1. The van der Waals surface area contributed by atoms with Crippen LogP contribution in [-0.4, -0.2) is 34.8 Å². The minimum absolute atomic E-state index is 0.151. The number of pyridine rings is 1. The van der Waals surface area contributed by atoms with Crippen LogP contribution in [-0.2, 0) is 18.2 Å². The number of nitrogens with zero attached hydrogens (tertiary/aromatic N) is 2. The number of aromatic nitrogens is 2. The average Bonchev–Trinajstić information content (AvgIpc) is 3.06. The molecule has 1 atom stereocenters. The van der Waals surface area contributed by atoms with E-state index in [0.29, 0.717) is 5.92 Å². The molecule has 2 aliphatic rings. The van der Waals surface area contributed by atoms with Crippen LogP contribution < -0.4 is 5.32 Å². The van der Waals surface area contributed by atoms with Crippen LogP contribution in [0.1, 0.15) is 25.0 Å². The molecule has 21 heavy (non-hydrogen) atoms. The van der Waals surface area contributed by atoms with Gasteiger partial charge < -0.3 is 14.6 Å². The zero-order valence-corrected chi connectivity index (χ0v) is 12.6. The summed E-state index contributed by atoms with van der Waals surface area (Å²) in [5.41, 5.74) is 2.65. The van der Waals surface area contributed by atoms with Crippen LogP contribution in [0, 0.1) is 5.92 Å². The zero-order chi connectivity index (χ0) is 14.3. The zero-order valence-electron chi connectivity index (χ0n) is 12.6. The quantitative estimate of drug-likeness (QED) is 0.920. The molecule has 0 aliphatic carbocycles. The van der Waals surface area contributed by atoms with Crippen LogP contribution in [0.15, 0.2) is 24.5 Å². The molecule has 0 saturated carbocycles. The molecule has 0 bridgehead atoms. The van der Waals surface area contributed by atoms with Crippen LogP contribution >= 0.6 is 0 Å². The molecule has 0 aromatic carbocycles. The van der Waals surface area contributed by atoms with Crippen LogP contribution in [0.3, 0.4) is 0 Å². The number of nitrogens with one attached hydrogen (secondary N) is 1. The van der Waals surface area contributed by atoms with Crippen molar-refractivity contribution < 1.29 is 4.74 Å². The number of fused-ring (bicyclic) bond motifs is 1. The van der Waals surface area contributed by atoms with E-state index in [1.807, 2.05) is 6.20 Å². The van der Waals surface area contributed by atoms with Gasteiger partial charge in [-0.05, 0) is 56.8 Å². The molecular formula is C17H23N3O. The molecule has 4 rings (SSSR count). The third-order valence-electron chi connectivity index (χ3n) is 5.14. The van der Waals surface area contributed by atoms with Crippen molar-refractivity contribution >= 4 is 10.9 Å². The Bertz CT molecular complexity index is 643. The fraction of sp³-hybridized carbons (Fsp3) is 0.588. The topological polar surface area (TPSA) is 39.1 Å². The highest BCUT2D eigenvalue weighted by Crippen LogP contribution is 2.38. The van der Waals surface area contributed by atoms with E-state index in [1.54, 1.807) is 0 Å². The molecule has 4 heteroatoms. The highest BCUT2D eigenvalue weighted by Gasteiger charge is 2.41. The summed E-state index contributed by atoms with van der Waals surface area (Å²) in [7, 11) is 2.10. The van der Waals surface area contributed by atoms with Crippen molar-refractivity contribution in [3.8, 4) is 0 Å². The van der Waals surface area contributed by atoms with Crippen LogP contribution in [0.5, 0.6) is 0 Å². The van der Waals surface area contributed by atoms with E-state index in [0.717, 1.165) is 39.0 Å². The Morgan fingerprint density at radius 2 is 2.24 bits per heavy atom. The first kappa shape index (κ1) is 13.3. The first-order valence-corrected chi connectivity index (χ1v) is 7.99. The minimum atomic E-state index is 0.151. The van der Waals surface area contributed by atoms with Crippen molar-refractivity contribution in [3.63, 3.8) is 0 Å². The van der Waals surface area contributed by atoms with Gasteiger partial charge in [0.25, 0.3) is 0 Å². The first-order chi connectivity index (χ1) is 10.3. The Balaban J connectivity index is 1.54. The van der Waals surface area contributed by atoms with Crippen molar-refractivity contribution in [1.82, 2.24) is 14.9 Å². The summed E-state index contributed by atoms with van der Waals surface area (Å²) in [6.45, 7) is 3.08. The molecule has 0 radical (unpaired) electrons. The maximum Gasteiger partial charge on any atom is 0.0710 e. The molecular weight excluding hydrogens is 262 g/mol. The summed E-state index contributed by atoms with van der Waals surface area (Å²) >= 11 is 0. The van der Waals surface area contributed by atoms with Gasteiger partial charge in [-0.15, -0.1) is 0 Å². The lowest BCUT2D eigenvalue weighted by Gasteiger charge is -2.33. The molecule has 2 aromatic heterocycles. The fourth-order valence-corrected chi connectivity index (χ4v) is 4.05. The van der Waals surface area contributed by atoms with Gasteiger partial charge in [-0.3, -0.25) is 4.98 Å². The van der Waals surface area contributed by atoms with Crippen LogP contribution in [0.25, 0.3) is 10.9 Å². The summed E-state index contributed by atoms with van der Waals surface area (Å²) in [5, 5.41) is 4.72. The van der Waals surface area contributed by atoms with Crippen molar-refractivity contribution in [2.45, 2.75) is 31.3 Å². The van der Waals surface area contributed by atoms with Gasteiger partial charge in [0.15, 0.2) is 0 Å². The van der Waals surface area contributed by atoms with Gasteiger partial charge >= 0.3 is 0 Å². The predicted molar refractivity (Wildman–Crippen MR) is 83.3 cm³/mol. The molecule has 1 spiro atoms. The van der Waals surface area contributed by atoms with E-state index < -0.39 is 0 Å². The summed E-state index contributed by atoms with van der Waals surface area (Å²) in [6.07, 6.45) is 8.60. The third-order valence-corrected chi connectivity index (χ3v) is 5.14. The van der Waals surface area contributed by atoms with Crippen LogP contribution in [0.2, 0.25) is 0 Å². The lowest BCUT2D eigenvalue weighted by molar-refractivity contribution is -0.0196. The largest absolute Gasteiger partial charge is 0.375 e. The summed E-state index contributed by atoms with van der Waals surface area (Å²) in [6, 6.07) is 4.26. The van der Waals surface area contributed by atoms with Gasteiger partial charge in [0.05, 0.1) is 23.4 Å². The number of rotatable bonds is 2. The van der Waals surface area contributed by atoms with Gasteiger partial charge in [-0.1, -0.05) is 0 Å². The van der Waals surface area contributed by atoms with Gasteiger partial charge in [0.1, 0.15) is 0 Å². The normalized spacial score (nSPS) is 24.9. The molecule has 2 aliphatic heterocycles. The molecule has 4 heterocycles. The van der Waals surface area contributed by atoms with Crippen molar-refractivity contribution in [2.24, 2.45) is 13.0 Å². The predicted octanol–water partition coefficient (Wildman–Crippen LogP) is 2.27. The number of hydrogen-bond donors (Lipinski definition) is 1. The fourth-order valence-electron chi connectivity index (χ4n) is 4.05. The molecule has 0 unspecified atom stereocenters. The van der Waals surface area contributed by atoms with Crippen LogP contribution in [0.4, 0.5) is 0 Å². The smallest absolute Gasteiger partial charge is 0.0710 e. The number of aryl methyl sites for hydroxylation is 1. The molecule has 1 N–H and O–H groups in total. The molecule has 4 nitrogen and oxygen atoms in total. The third kappa shape index (κ3) is 2.36. The van der Waals surface area contributed by atoms with Gasteiger partial charge in [-0.2, -0.15) is 0 Å². The van der Waals surface area contributed by atoms with E-state index in [9.17, 15) is 0 Å². The van der Waals surface area contributed by atoms with E-state index in [2.05, 4.69) is 40.2 Å². The van der Waals surface area contributed by atoms with E-state index in [-0.39, 0.29) is 5.60 Å². The Kier molecular flexibility index (Phi) is 3.23. The minimum Gasteiger partial charge on any atom is -0.375 e. The second-order valence-electron chi connectivity index (χ2n) is 6.64. The Labute approximate surface area is 125 Å². The molecule has 112 valence electrons. The lowest BCUT2D eigenvalue weighted by Crippen LogP contribution is -2.41. The molecule has 2 aromatic rings. The second-order valence-corrected chi connectivity index (χ2v) is 6.64. The lowest BCUT2D eigenvalue weighted by atomic mass is 9.84. The number of piperidine rings is 1. The van der Waals surface area contributed by atoms with Crippen molar-refractivity contribution in [1.29, 1.82) is 0 Å². The highest BCUT2D eigenvalue weighted by molar-refractivity contribution is 5.81. The number of hydrogen-bond acceptors (Lipinski definition) is 3. The summed E-state index contributed by atoms with van der Waals surface area (Å²) in [4.78, 5) is 4.65. The Morgan fingerprint density at radius 1 is 1.38 bits per heavy atom. The molecule has 2 saturated heterocycles. The van der Waals surface area contributed by atoms with E-state index >= 15 is 0 Å². The Hall–Kier alpha value is -1.39. The summed E-state index contributed by atoms with van der Waals surface area (Å²) in [5.74, 6) is 0.607. The van der Waals surface area contributed by atoms with Gasteiger partial charge in [0, 0.05) is 24.8 Å². The maximum atomic E-state index is 6.22. The van der Waals surface area contributed by atoms with Gasteiger partial charge in [0.2, 0.25) is 0 Å².